The summed E-state index contributed by atoms with van der Waals surface area (Å²) in [6.45, 7) is 3.98. The third-order valence-corrected chi connectivity index (χ3v) is 7.56. The molecule has 2 aromatic carbocycles. The van der Waals surface area contributed by atoms with Gasteiger partial charge in [-0.2, -0.15) is 5.10 Å². The van der Waals surface area contributed by atoms with E-state index < -0.39 is 5.82 Å². The number of rotatable bonds is 11. The quantitative estimate of drug-likeness (QED) is 0.380. The molecular formula is C29H34FN5O3. The predicted octanol–water partition coefficient (Wildman–Crippen LogP) is 2.89. The van der Waals surface area contributed by atoms with Crippen molar-refractivity contribution >= 4 is 11.8 Å². The number of carbonyl (C=O) groups is 2. The second-order valence-corrected chi connectivity index (χ2v) is 10.1. The molecule has 0 bridgehead atoms. The van der Waals surface area contributed by atoms with E-state index in [9.17, 15) is 14.0 Å². The highest BCUT2D eigenvalue weighted by atomic mass is 19.1. The van der Waals surface area contributed by atoms with Gasteiger partial charge >= 0.3 is 0 Å². The summed E-state index contributed by atoms with van der Waals surface area (Å²) >= 11 is 0. The molecular weight excluding hydrogens is 485 g/mol. The lowest BCUT2D eigenvalue weighted by molar-refractivity contribution is -0.126. The summed E-state index contributed by atoms with van der Waals surface area (Å²) in [5, 5.41) is 9.18. The van der Waals surface area contributed by atoms with Gasteiger partial charge in [-0.1, -0.05) is 60.7 Å². The van der Waals surface area contributed by atoms with Crippen LogP contribution in [-0.4, -0.2) is 77.2 Å². The molecule has 1 aromatic heterocycles. The van der Waals surface area contributed by atoms with Crippen LogP contribution < -0.4 is 5.32 Å². The molecule has 2 N–H and O–H groups in total. The molecule has 9 heteroatoms. The second-order valence-electron chi connectivity index (χ2n) is 10.1. The number of carbonyl (C=O) groups excluding carboxylic acids is 2. The minimum absolute atomic E-state index is 0.0108. The normalized spacial score (nSPS) is 19.9. The van der Waals surface area contributed by atoms with E-state index in [0.717, 1.165) is 31.3 Å². The molecule has 0 saturated carbocycles. The Kier molecular flexibility index (Phi) is 8.45. The number of fused-ring (bicyclic) bond motifs is 1. The summed E-state index contributed by atoms with van der Waals surface area (Å²) in [7, 11) is 0. The molecule has 2 aliphatic rings. The van der Waals surface area contributed by atoms with E-state index in [1.165, 1.54) is 5.56 Å². The zero-order chi connectivity index (χ0) is 26.3. The number of H-pyrrole nitrogens is 1. The molecule has 3 heterocycles. The van der Waals surface area contributed by atoms with Gasteiger partial charge in [-0.05, 0) is 35.8 Å². The van der Waals surface area contributed by atoms with E-state index in [1.54, 1.807) is 4.90 Å². The molecule has 3 aromatic rings. The highest BCUT2D eigenvalue weighted by molar-refractivity contribution is 5.92. The van der Waals surface area contributed by atoms with Crippen LogP contribution in [0.3, 0.4) is 0 Å². The van der Waals surface area contributed by atoms with Crippen LogP contribution in [-0.2, 0) is 22.6 Å². The summed E-state index contributed by atoms with van der Waals surface area (Å²) in [5.41, 5.74) is 2.22. The largest absolute Gasteiger partial charge is 0.375 e. The maximum absolute atomic E-state index is 13.9. The Morgan fingerprint density at radius 3 is 2.29 bits per heavy atom. The first-order chi connectivity index (χ1) is 18.6. The van der Waals surface area contributed by atoms with Crippen molar-refractivity contribution in [3.8, 4) is 0 Å². The zero-order valence-corrected chi connectivity index (χ0v) is 21.4. The van der Waals surface area contributed by atoms with Gasteiger partial charge in [-0.25, -0.2) is 4.39 Å². The fraction of sp³-hybridized carbons (Fsp3) is 0.414. The molecule has 0 spiro atoms. The van der Waals surface area contributed by atoms with Crippen molar-refractivity contribution in [2.24, 2.45) is 11.8 Å². The number of hydrogen-bond acceptors (Lipinski definition) is 5. The first-order valence-corrected chi connectivity index (χ1v) is 13.2. The Balaban J connectivity index is 1.15. The van der Waals surface area contributed by atoms with Crippen molar-refractivity contribution in [1.82, 2.24) is 25.3 Å². The van der Waals surface area contributed by atoms with Crippen LogP contribution in [0.25, 0.3) is 0 Å². The molecule has 2 fully saturated rings. The van der Waals surface area contributed by atoms with Crippen molar-refractivity contribution in [2.75, 3.05) is 39.3 Å². The minimum Gasteiger partial charge on any atom is -0.375 e. The number of nitrogens with one attached hydrogen (secondary N) is 2. The van der Waals surface area contributed by atoms with Crippen LogP contribution >= 0.6 is 0 Å². The van der Waals surface area contributed by atoms with Gasteiger partial charge in [0.1, 0.15) is 0 Å². The van der Waals surface area contributed by atoms with E-state index in [4.69, 9.17) is 4.74 Å². The molecule has 0 radical (unpaired) electrons. The molecule has 0 aliphatic carbocycles. The van der Waals surface area contributed by atoms with Crippen LogP contribution in [0, 0.1) is 17.7 Å². The monoisotopic (exact) mass is 519 g/mol. The lowest BCUT2D eigenvalue weighted by atomic mass is 10.0. The summed E-state index contributed by atoms with van der Waals surface area (Å²) < 4.78 is 19.6. The van der Waals surface area contributed by atoms with Crippen molar-refractivity contribution in [3.05, 3.63) is 89.5 Å². The van der Waals surface area contributed by atoms with Crippen LogP contribution in [0.4, 0.5) is 4.39 Å². The number of likely N-dealkylation sites (tertiary alicyclic amines) is 2. The van der Waals surface area contributed by atoms with Gasteiger partial charge in [0, 0.05) is 32.7 Å². The standard InChI is InChI=1S/C29H34FN5O3/c30-25-15-32-33-27(25)29(37)35-18-23-16-34(17-24(23)19-35)26(12-11-21-7-3-1-4-8-21)28(36)31-13-14-38-20-22-9-5-2-6-10-22/h1-10,15,23-24,26H,11-14,16-20H2,(H,31,36)(H,32,33). The summed E-state index contributed by atoms with van der Waals surface area (Å²) in [6.07, 6.45) is 2.54. The van der Waals surface area contributed by atoms with Crippen molar-refractivity contribution in [1.29, 1.82) is 0 Å². The van der Waals surface area contributed by atoms with Gasteiger partial charge < -0.3 is 15.0 Å². The lowest BCUT2D eigenvalue weighted by Gasteiger charge is -2.29. The Labute approximate surface area is 222 Å². The number of nitrogens with zero attached hydrogens (tertiary/aromatic N) is 3. The topological polar surface area (TPSA) is 90.6 Å². The summed E-state index contributed by atoms with van der Waals surface area (Å²) in [4.78, 5) is 30.0. The highest BCUT2D eigenvalue weighted by Gasteiger charge is 2.45. The highest BCUT2D eigenvalue weighted by Crippen LogP contribution is 2.33. The van der Waals surface area contributed by atoms with E-state index in [0.29, 0.717) is 39.3 Å². The Morgan fingerprint density at radius 1 is 1.00 bits per heavy atom. The molecule has 2 saturated heterocycles. The molecule has 3 unspecified atom stereocenters. The molecule has 2 aliphatic heterocycles. The minimum atomic E-state index is -0.626. The van der Waals surface area contributed by atoms with Gasteiger partial charge in [0.15, 0.2) is 11.5 Å². The average Bonchev–Trinajstić information content (AvgIpc) is 3.65. The number of benzene rings is 2. The fourth-order valence-electron chi connectivity index (χ4n) is 5.59. The molecule has 38 heavy (non-hydrogen) atoms. The van der Waals surface area contributed by atoms with Crippen LogP contribution in [0.5, 0.6) is 0 Å². The molecule has 3 atom stereocenters. The van der Waals surface area contributed by atoms with Gasteiger partial charge in [0.2, 0.25) is 5.91 Å². The smallest absolute Gasteiger partial charge is 0.274 e. The lowest BCUT2D eigenvalue weighted by Crippen LogP contribution is -2.48. The molecule has 2 amide bonds. The van der Waals surface area contributed by atoms with Crippen molar-refractivity contribution < 1.29 is 18.7 Å². The zero-order valence-electron chi connectivity index (χ0n) is 21.4. The first-order valence-electron chi connectivity index (χ1n) is 13.2. The van der Waals surface area contributed by atoms with E-state index in [1.807, 2.05) is 48.5 Å². The van der Waals surface area contributed by atoms with Crippen LogP contribution in [0.1, 0.15) is 28.0 Å². The van der Waals surface area contributed by atoms with Crippen LogP contribution in [0.15, 0.2) is 66.9 Å². The number of halogens is 1. The third kappa shape index (κ3) is 6.28. The predicted molar refractivity (Wildman–Crippen MR) is 141 cm³/mol. The number of aryl methyl sites for hydroxylation is 1. The number of hydrogen-bond donors (Lipinski definition) is 2. The number of aromatic nitrogens is 2. The van der Waals surface area contributed by atoms with E-state index in [-0.39, 0.29) is 35.4 Å². The number of ether oxygens (including phenoxy) is 1. The Bertz CT molecular complexity index is 1190. The summed E-state index contributed by atoms with van der Waals surface area (Å²) in [5.74, 6) is -0.456. The Morgan fingerprint density at radius 2 is 1.66 bits per heavy atom. The third-order valence-electron chi connectivity index (χ3n) is 7.56. The molecule has 200 valence electrons. The van der Waals surface area contributed by atoms with Gasteiger partial charge in [0.05, 0.1) is 25.5 Å². The van der Waals surface area contributed by atoms with Gasteiger partial charge in [-0.3, -0.25) is 19.6 Å². The van der Waals surface area contributed by atoms with E-state index in [2.05, 4.69) is 32.5 Å². The van der Waals surface area contributed by atoms with Gasteiger partial charge in [-0.15, -0.1) is 0 Å². The molecule has 5 rings (SSSR count). The van der Waals surface area contributed by atoms with Crippen LogP contribution in [0.2, 0.25) is 0 Å². The van der Waals surface area contributed by atoms with Gasteiger partial charge in [0.25, 0.3) is 5.91 Å². The second kappa shape index (κ2) is 12.3. The average molecular weight is 520 g/mol. The number of amides is 2. The molecule has 8 nitrogen and oxygen atoms in total. The maximum atomic E-state index is 13.9. The fourth-order valence-corrected chi connectivity index (χ4v) is 5.59. The summed E-state index contributed by atoms with van der Waals surface area (Å²) in [6, 6.07) is 19.9. The number of aromatic amines is 1. The maximum Gasteiger partial charge on any atom is 0.274 e. The van der Waals surface area contributed by atoms with Crippen molar-refractivity contribution in [3.63, 3.8) is 0 Å². The SMILES string of the molecule is O=C(NCCOCc1ccccc1)C(CCc1ccccc1)N1CC2CN(C(=O)c3[nH]ncc3F)CC2C1. The Hall–Kier alpha value is -3.56. The first kappa shape index (κ1) is 26.1. The van der Waals surface area contributed by atoms with E-state index >= 15 is 0 Å². The van der Waals surface area contributed by atoms with Crippen molar-refractivity contribution in [2.45, 2.75) is 25.5 Å².